The van der Waals surface area contributed by atoms with Crippen molar-refractivity contribution in [3.8, 4) is 5.88 Å². The van der Waals surface area contributed by atoms with Crippen LogP contribution in [-0.4, -0.2) is 28.8 Å². The fourth-order valence-corrected chi connectivity index (χ4v) is 2.13. The minimum Gasteiger partial charge on any atom is -0.481 e. The van der Waals surface area contributed by atoms with Gasteiger partial charge in [0.2, 0.25) is 11.8 Å². The van der Waals surface area contributed by atoms with Crippen molar-refractivity contribution in [1.29, 1.82) is 0 Å². The van der Waals surface area contributed by atoms with Gasteiger partial charge in [0, 0.05) is 13.1 Å². The Balaban J connectivity index is 2.22. The quantitative estimate of drug-likeness (QED) is 0.827. The molecule has 5 nitrogen and oxygen atoms in total. The summed E-state index contributed by atoms with van der Waals surface area (Å²) in [6.07, 6.45) is 2.08. The molecule has 1 heterocycles. The second-order valence-corrected chi connectivity index (χ2v) is 4.71. The summed E-state index contributed by atoms with van der Waals surface area (Å²) in [5.74, 6) is 0.358. The molecular formula is C11H16ClN3O2. The number of carbonyl (C=O) groups excluding carboxylic acids is 1. The Bertz CT molecular complexity index is 440. The third-order valence-electron chi connectivity index (χ3n) is 2.81. The number of nitrogens with one attached hydrogen (secondary N) is 1. The monoisotopic (exact) mass is 257 g/mol. The Labute approximate surface area is 105 Å². The van der Waals surface area contributed by atoms with Crippen LogP contribution in [0.1, 0.15) is 29.5 Å². The van der Waals surface area contributed by atoms with Crippen LogP contribution >= 0.6 is 11.6 Å². The van der Waals surface area contributed by atoms with Crippen LogP contribution in [0.4, 0.5) is 0 Å². The summed E-state index contributed by atoms with van der Waals surface area (Å²) in [6.45, 7) is 1.82. The number of methoxy groups -OCH3 is 1. The number of nitrogens with zero attached hydrogens (tertiary/aromatic N) is 2. The number of carbonyl (C=O) groups is 1. The summed E-state index contributed by atoms with van der Waals surface area (Å²) in [5.41, 5.74) is 1.37. The molecular weight excluding hydrogens is 242 g/mol. The van der Waals surface area contributed by atoms with E-state index >= 15 is 0 Å². The molecule has 1 aromatic rings. The van der Waals surface area contributed by atoms with Crippen LogP contribution in [-0.2, 0) is 11.8 Å². The molecule has 0 saturated heterocycles. The summed E-state index contributed by atoms with van der Waals surface area (Å²) >= 11 is 6.19. The van der Waals surface area contributed by atoms with Crippen molar-refractivity contribution in [2.45, 2.75) is 31.2 Å². The van der Waals surface area contributed by atoms with Gasteiger partial charge in [-0.25, -0.2) is 4.68 Å². The van der Waals surface area contributed by atoms with Gasteiger partial charge in [0.15, 0.2) is 0 Å². The lowest BCUT2D eigenvalue weighted by Gasteiger charge is -2.11. The van der Waals surface area contributed by atoms with Gasteiger partial charge in [-0.2, -0.15) is 5.10 Å². The molecule has 1 aliphatic carbocycles. The van der Waals surface area contributed by atoms with Gasteiger partial charge < -0.3 is 10.1 Å². The lowest BCUT2D eigenvalue weighted by Crippen LogP contribution is -2.29. The van der Waals surface area contributed by atoms with Crippen molar-refractivity contribution >= 4 is 17.5 Å². The van der Waals surface area contributed by atoms with Gasteiger partial charge in [-0.1, -0.05) is 0 Å². The molecule has 6 heteroatoms. The van der Waals surface area contributed by atoms with Gasteiger partial charge in [-0.05, 0) is 19.8 Å². The molecule has 0 bridgehead atoms. The fraction of sp³-hybridized carbons (Fsp3) is 0.636. The number of amides is 1. The predicted molar refractivity (Wildman–Crippen MR) is 64.3 cm³/mol. The summed E-state index contributed by atoms with van der Waals surface area (Å²) in [7, 11) is 3.31. The van der Waals surface area contributed by atoms with E-state index in [0.29, 0.717) is 17.5 Å². The molecule has 0 aromatic carbocycles. The van der Waals surface area contributed by atoms with Crippen LogP contribution < -0.4 is 10.1 Å². The van der Waals surface area contributed by atoms with Crippen LogP contribution in [0.2, 0.25) is 0 Å². The van der Waals surface area contributed by atoms with Crippen LogP contribution in [0.25, 0.3) is 0 Å². The van der Waals surface area contributed by atoms with Crippen molar-refractivity contribution in [3.63, 3.8) is 0 Å². The highest BCUT2D eigenvalue weighted by Gasteiger charge is 2.31. The highest BCUT2D eigenvalue weighted by Crippen LogP contribution is 2.33. The summed E-state index contributed by atoms with van der Waals surface area (Å²) in [5, 5.41) is 6.33. The molecule has 1 N–H and O–H groups in total. The molecule has 1 atom stereocenters. The maximum atomic E-state index is 11.9. The number of rotatable bonds is 4. The smallest absolute Gasteiger partial charge is 0.243 e. The molecule has 1 aromatic heterocycles. The molecule has 1 saturated carbocycles. The zero-order chi connectivity index (χ0) is 12.6. The minimum atomic E-state index is -0.751. The molecule has 94 valence electrons. The van der Waals surface area contributed by atoms with Gasteiger partial charge in [-0.15, -0.1) is 11.6 Å². The van der Waals surface area contributed by atoms with E-state index in [9.17, 15) is 4.79 Å². The molecule has 0 spiro atoms. The summed E-state index contributed by atoms with van der Waals surface area (Å²) in [6, 6.07) is 0.298. The lowest BCUT2D eigenvalue weighted by molar-refractivity contribution is -0.121. The van der Waals surface area contributed by atoms with Crippen molar-refractivity contribution in [1.82, 2.24) is 15.1 Å². The molecule has 0 aliphatic heterocycles. The third kappa shape index (κ3) is 2.39. The second-order valence-electron chi connectivity index (χ2n) is 4.28. The van der Waals surface area contributed by atoms with Crippen LogP contribution in [0.5, 0.6) is 5.88 Å². The van der Waals surface area contributed by atoms with Crippen LogP contribution in [0, 0.1) is 6.92 Å². The van der Waals surface area contributed by atoms with E-state index in [1.165, 1.54) is 0 Å². The average molecular weight is 258 g/mol. The highest BCUT2D eigenvalue weighted by atomic mass is 35.5. The Morgan fingerprint density at radius 1 is 1.65 bits per heavy atom. The van der Waals surface area contributed by atoms with Crippen molar-refractivity contribution in [2.75, 3.05) is 7.11 Å². The Morgan fingerprint density at radius 3 is 2.82 bits per heavy atom. The third-order valence-corrected chi connectivity index (χ3v) is 3.23. The fourth-order valence-electron chi connectivity index (χ4n) is 1.82. The molecule has 1 unspecified atom stereocenters. The Morgan fingerprint density at radius 2 is 2.29 bits per heavy atom. The first kappa shape index (κ1) is 12.2. The predicted octanol–water partition coefficient (Wildman–Crippen LogP) is 1.30. The highest BCUT2D eigenvalue weighted by molar-refractivity contribution is 6.31. The van der Waals surface area contributed by atoms with E-state index < -0.39 is 5.38 Å². The molecule has 1 amide bonds. The van der Waals surface area contributed by atoms with Crippen molar-refractivity contribution in [3.05, 3.63) is 11.3 Å². The first-order chi connectivity index (χ1) is 8.04. The van der Waals surface area contributed by atoms with E-state index in [2.05, 4.69) is 10.4 Å². The van der Waals surface area contributed by atoms with E-state index in [1.54, 1.807) is 18.8 Å². The number of halogens is 1. The SMILES string of the molecule is COc1c(C(Cl)C(=O)NC2CC2)c(C)nn1C. The summed E-state index contributed by atoms with van der Waals surface area (Å²) < 4.78 is 6.81. The zero-order valence-electron chi connectivity index (χ0n) is 10.2. The molecule has 0 radical (unpaired) electrons. The topological polar surface area (TPSA) is 56.1 Å². The van der Waals surface area contributed by atoms with Gasteiger partial charge in [0.1, 0.15) is 5.38 Å². The number of hydrogen-bond donors (Lipinski definition) is 1. The number of hydrogen-bond acceptors (Lipinski definition) is 3. The average Bonchev–Trinajstić information content (AvgIpc) is 3.02. The zero-order valence-corrected chi connectivity index (χ0v) is 10.9. The standard InChI is InChI=1S/C11H16ClN3O2/c1-6-8(11(17-3)15(2)14-6)9(12)10(16)13-7-4-5-7/h7,9H,4-5H2,1-3H3,(H,13,16). The molecule has 1 fully saturated rings. The van der Waals surface area contributed by atoms with E-state index in [1.807, 2.05) is 6.92 Å². The first-order valence-electron chi connectivity index (χ1n) is 5.56. The second kappa shape index (κ2) is 4.56. The first-order valence-corrected chi connectivity index (χ1v) is 6.00. The van der Waals surface area contributed by atoms with E-state index in [4.69, 9.17) is 16.3 Å². The Hall–Kier alpha value is -1.23. The Kier molecular flexibility index (Phi) is 3.28. The summed E-state index contributed by atoms with van der Waals surface area (Å²) in [4.78, 5) is 11.9. The lowest BCUT2D eigenvalue weighted by atomic mass is 10.1. The molecule has 2 rings (SSSR count). The molecule has 17 heavy (non-hydrogen) atoms. The van der Waals surface area contributed by atoms with Crippen LogP contribution in [0.3, 0.4) is 0 Å². The van der Waals surface area contributed by atoms with Crippen LogP contribution in [0.15, 0.2) is 0 Å². The van der Waals surface area contributed by atoms with Crippen molar-refractivity contribution in [2.24, 2.45) is 7.05 Å². The number of ether oxygens (including phenoxy) is 1. The number of aryl methyl sites for hydroxylation is 2. The van der Waals surface area contributed by atoms with E-state index in [0.717, 1.165) is 18.5 Å². The maximum Gasteiger partial charge on any atom is 0.243 e. The normalized spacial score (nSPS) is 16.7. The van der Waals surface area contributed by atoms with Gasteiger partial charge in [0.25, 0.3) is 0 Å². The molecule has 1 aliphatic rings. The number of alkyl halides is 1. The van der Waals surface area contributed by atoms with Gasteiger partial charge >= 0.3 is 0 Å². The minimum absolute atomic E-state index is 0.177. The largest absolute Gasteiger partial charge is 0.481 e. The van der Waals surface area contributed by atoms with E-state index in [-0.39, 0.29) is 5.91 Å². The van der Waals surface area contributed by atoms with Gasteiger partial charge in [-0.3, -0.25) is 4.79 Å². The maximum absolute atomic E-state index is 11.9. The van der Waals surface area contributed by atoms with Gasteiger partial charge in [0.05, 0.1) is 18.4 Å². The van der Waals surface area contributed by atoms with Crippen molar-refractivity contribution < 1.29 is 9.53 Å². The number of aromatic nitrogens is 2.